The van der Waals surface area contributed by atoms with Gasteiger partial charge in [-0.25, -0.2) is 0 Å². The molecule has 0 spiro atoms. The Morgan fingerprint density at radius 3 is 2.90 bits per heavy atom. The van der Waals surface area contributed by atoms with Crippen LogP contribution in [0.1, 0.15) is 33.6 Å². The lowest BCUT2D eigenvalue weighted by Crippen LogP contribution is -2.34. The molecule has 1 aromatic heterocycles. The average Bonchev–Trinajstić information content (AvgIpc) is 3.48. The highest BCUT2D eigenvalue weighted by molar-refractivity contribution is 6.01. The molecule has 31 heavy (non-hydrogen) atoms. The number of nitrogens with zero attached hydrogens (tertiary/aromatic N) is 3. The van der Waals surface area contributed by atoms with Gasteiger partial charge in [-0.2, -0.15) is 5.10 Å². The van der Waals surface area contributed by atoms with E-state index >= 15 is 0 Å². The van der Waals surface area contributed by atoms with Gasteiger partial charge in [0.05, 0.1) is 17.6 Å². The van der Waals surface area contributed by atoms with E-state index in [1.54, 1.807) is 0 Å². The number of likely N-dealkylation sites (N-methyl/N-ethyl adjacent to an activating group) is 1. The number of aromatic amines is 1. The summed E-state index contributed by atoms with van der Waals surface area (Å²) >= 11 is 0. The van der Waals surface area contributed by atoms with Crippen LogP contribution in [0.4, 0.5) is 5.69 Å². The molecule has 1 saturated heterocycles. The number of nitrogens with one attached hydrogen (secondary N) is 2. The topological polar surface area (TPSA) is 81.3 Å². The number of H-pyrrole nitrogens is 1. The quantitative estimate of drug-likeness (QED) is 0.632. The zero-order chi connectivity index (χ0) is 21.5. The van der Waals surface area contributed by atoms with Crippen molar-refractivity contribution in [2.75, 3.05) is 32.5 Å². The first-order valence-corrected chi connectivity index (χ1v) is 10.4. The third-order valence-electron chi connectivity index (χ3n) is 6.07. The standard InChI is InChI=1S/C24H23N5O2/c1-28(2)18-10-11-29(14-18)24(31)17-7-9-21-19(12-17)20(26-27-21)8-6-15-4-3-5-16-13-22(30)25-23(15)16/h3-5,7,9,12,18H,10-11,13-14H2,1-2H3,(H,25,30)(H,26,27). The van der Waals surface area contributed by atoms with Crippen LogP contribution in [0.5, 0.6) is 0 Å². The van der Waals surface area contributed by atoms with Crippen LogP contribution >= 0.6 is 0 Å². The first-order chi connectivity index (χ1) is 15.0. The first kappa shape index (κ1) is 19.3. The summed E-state index contributed by atoms with van der Waals surface area (Å²) in [6.07, 6.45) is 1.37. The van der Waals surface area contributed by atoms with E-state index in [1.807, 2.05) is 41.3 Å². The third kappa shape index (κ3) is 3.56. The van der Waals surface area contributed by atoms with Gasteiger partial charge in [0.25, 0.3) is 5.91 Å². The molecule has 1 atom stereocenters. The summed E-state index contributed by atoms with van der Waals surface area (Å²) < 4.78 is 0. The van der Waals surface area contributed by atoms with Gasteiger partial charge >= 0.3 is 0 Å². The molecule has 0 aliphatic carbocycles. The number of hydrogen-bond acceptors (Lipinski definition) is 4. The number of fused-ring (bicyclic) bond motifs is 2. The molecular weight excluding hydrogens is 390 g/mol. The smallest absolute Gasteiger partial charge is 0.253 e. The lowest BCUT2D eigenvalue weighted by Gasteiger charge is -2.20. The number of carbonyl (C=O) groups is 2. The van der Waals surface area contributed by atoms with Gasteiger partial charge in [0, 0.05) is 35.6 Å². The average molecular weight is 413 g/mol. The minimum absolute atomic E-state index is 0.0176. The van der Waals surface area contributed by atoms with Gasteiger partial charge in [-0.15, -0.1) is 0 Å². The summed E-state index contributed by atoms with van der Waals surface area (Å²) in [6.45, 7) is 1.51. The lowest BCUT2D eigenvalue weighted by molar-refractivity contribution is -0.115. The van der Waals surface area contributed by atoms with E-state index in [4.69, 9.17) is 0 Å². The number of carbonyl (C=O) groups excluding carboxylic acids is 2. The molecule has 2 aliphatic heterocycles. The molecule has 2 aromatic carbocycles. The van der Waals surface area contributed by atoms with E-state index in [0.717, 1.165) is 47.2 Å². The van der Waals surface area contributed by atoms with Crippen molar-refractivity contribution in [2.24, 2.45) is 0 Å². The van der Waals surface area contributed by atoms with Gasteiger partial charge in [0.1, 0.15) is 5.69 Å². The van der Waals surface area contributed by atoms with Crippen molar-refractivity contribution in [3.63, 3.8) is 0 Å². The maximum Gasteiger partial charge on any atom is 0.253 e. The van der Waals surface area contributed by atoms with Gasteiger partial charge in [0.15, 0.2) is 0 Å². The van der Waals surface area contributed by atoms with Crippen molar-refractivity contribution in [3.05, 3.63) is 58.8 Å². The fourth-order valence-electron chi connectivity index (χ4n) is 4.26. The second-order valence-corrected chi connectivity index (χ2v) is 8.30. The van der Waals surface area contributed by atoms with Crippen LogP contribution in [0.25, 0.3) is 10.9 Å². The number of amides is 2. The van der Waals surface area contributed by atoms with E-state index in [-0.39, 0.29) is 11.8 Å². The largest absolute Gasteiger partial charge is 0.337 e. The minimum Gasteiger partial charge on any atom is -0.337 e. The molecular formula is C24H23N5O2. The number of rotatable bonds is 2. The minimum atomic E-state index is -0.0176. The van der Waals surface area contributed by atoms with E-state index in [1.165, 1.54) is 0 Å². The molecule has 0 radical (unpaired) electrons. The molecule has 156 valence electrons. The molecule has 7 heteroatoms. The molecule has 5 rings (SSSR count). The van der Waals surface area contributed by atoms with Crippen molar-refractivity contribution in [1.82, 2.24) is 20.0 Å². The normalized spacial score (nSPS) is 17.6. The zero-order valence-corrected chi connectivity index (χ0v) is 17.5. The van der Waals surface area contributed by atoms with Crippen LogP contribution in [-0.2, 0) is 11.2 Å². The highest BCUT2D eigenvalue weighted by Gasteiger charge is 2.28. The summed E-state index contributed by atoms with van der Waals surface area (Å²) in [5, 5.41) is 11.0. The van der Waals surface area contributed by atoms with Crippen LogP contribution in [0.2, 0.25) is 0 Å². The monoisotopic (exact) mass is 413 g/mol. The molecule has 1 unspecified atom stereocenters. The third-order valence-corrected chi connectivity index (χ3v) is 6.07. The Bertz CT molecular complexity index is 1260. The van der Waals surface area contributed by atoms with Crippen molar-refractivity contribution in [3.8, 4) is 11.8 Å². The van der Waals surface area contributed by atoms with E-state index in [2.05, 4.69) is 46.4 Å². The molecule has 3 heterocycles. The molecule has 0 bridgehead atoms. The lowest BCUT2D eigenvalue weighted by atomic mass is 10.1. The second kappa shape index (κ2) is 7.56. The van der Waals surface area contributed by atoms with Crippen LogP contribution in [0, 0.1) is 11.8 Å². The Morgan fingerprint density at radius 2 is 2.10 bits per heavy atom. The molecule has 1 fully saturated rings. The Balaban J connectivity index is 1.44. The number of likely N-dealkylation sites (tertiary alicyclic amines) is 1. The fraction of sp³-hybridized carbons (Fsp3) is 0.292. The maximum atomic E-state index is 13.0. The van der Waals surface area contributed by atoms with Gasteiger partial charge in [-0.3, -0.25) is 14.7 Å². The van der Waals surface area contributed by atoms with Crippen molar-refractivity contribution in [2.45, 2.75) is 18.9 Å². The fourth-order valence-corrected chi connectivity index (χ4v) is 4.26. The van der Waals surface area contributed by atoms with E-state index in [9.17, 15) is 9.59 Å². The van der Waals surface area contributed by atoms with Crippen LogP contribution in [0.3, 0.4) is 0 Å². The van der Waals surface area contributed by atoms with Gasteiger partial charge in [0.2, 0.25) is 5.91 Å². The highest BCUT2D eigenvalue weighted by Crippen LogP contribution is 2.27. The number of para-hydroxylation sites is 1. The molecule has 2 aliphatic rings. The summed E-state index contributed by atoms with van der Waals surface area (Å²) in [6, 6.07) is 11.7. The highest BCUT2D eigenvalue weighted by atomic mass is 16.2. The number of aromatic nitrogens is 2. The van der Waals surface area contributed by atoms with E-state index < -0.39 is 0 Å². The number of hydrogen-bond donors (Lipinski definition) is 2. The molecule has 0 saturated carbocycles. The zero-order valence-electron chi connectivity index (χ0n) is 17.5. The predicted octanol–water partition coefficient (Wildman–Crippen LogP) is 2.23. The number of anilines is 1. The molecule has 2 amide bonds. The number of benzene rings is 2. The van der Waals surface area contributed by atoms with E-state index in [0.29, 0.717) is 23.7 Å². The van der Waals surface area contributed by atoms with Gasteiger partial charge in [-0.05, 0) is 56.3 Å². The Labute approximate surface area is 180 Å². The summed E-state index contributed by atoms with van der Waals surface area (Å²) in [5.74, 6) is 6.26. The predicted molar refractivity (Wildman–Crippen MR) is 119 cm³/mol. The second-order valence-electron chi connectivity index (χ2n) is 8.30. The Kier molecular flexibility index (Phi) is 4.72. The Morgan fingerprint density at radius 1 is 1.23 bits per heavy atom. The SMILES string of the molecule is CN(C)C1CCN(C(=O)c2ccc3[nH]nc(C#Cc4cccc5c4NC(=O)C5)c3c2)C1. The van der Waals surface area contributed by atoms with Crippen molar-refractivity contribution < 1.29 is 9.59 Å². The van der Waals surface area contributed by atoms with Crippen molar-refractivity contribution >= 4 is 28.4 Å². The molecule has 7 nitrogen and oxygen atoms in total. The maximum absolute atomic E-state index is 13.0. The molecule has 2 N–H and O–H groups in total. The van der Waals surface area contributed by atoms with Crippen LogP contribution < -0.4 is 5.32 Å². The van der Waals surface area contributed by atoms with Crippen molar-refractivity contribution in [1.29, 1.82) is 0 Å². The Hall–Kier alpha value is -3.63. The van der Waals surface area contributed by atoms with Crippen LogP contribution in [0.15, 0.2) is 36.4 Å². The molecule has 3 aromatic rings. The van der Waals surface area contributed by atoms with Gasteiger partial charge < -0.3 is 15.1 Å². The van der Waals surface area contributed by atoms with Crippen LogP contribution in [-0.4, -0.2) is 65.0 Å². The summed E-state index contributed by atoms with van der Waals surface area (Å²) in [7, 11) is 4.10. The van der Waals surface area contributed by atoms with Gasteiger partial charge in [-0.1, -0.05) is 18.1 Å². The summed E-state index contributed by atoms with van der Waals surface area (Å²) in [5.41, 5.74) is 4.56. The first-order valence-electron chi connectivity index (χ1n) is 10.4. The summed E-state index contributed by atoms with van der Waals surface area (Å²) in [4.78, 5) is 28.8.